The Bertz CT molecular complexity index is 592. The number of furan rings is 1. The Hall–Kier alpha value is -2.43. The molecule has 0 aliphatic carbocycles. The highest BCUT2D eigenvalue weighted by Gasteiger charge is 2.13. The fourth-order valence-corrected chi connectivity index (χ4v) is 2.04. The monoisotopic (exact) mass is 273 g/mol. The van der Waals surface area contributed by atoms with Crippen molar-refractivity contribution in [2.24, 2.45) is 0 Å². The summed E-state index contributed by atoms with van der Waals surface area (Å²) in [4.78, 5) is 11.7. The third kappa shape index (κ3) is 2.93. The molecule has 104 valence electrons. The highest BCUT2D eigenvalue weighted by atomic mass is 16.7. The van der Waals surface area contributed by atoms with Gasteiger partial charge in [0, 0.05) is 18.5 Å². The van der Waals surface area contributed by atoms with Gasteiger partial charge in [-0.25, -0.2) is 0 Å². The first kappa shape index (κ1) is 12.6. The molecular weight excluding hydrogens is 258 g/mol. The van der Waals surface area contributed by atoms with Crippen molar-refractivity contribution in [3.05, 3.63) is 47.9 Å². The maximum absolute atomic E-state index is 11.7. The van der Waals surface area contributed by atoms with Gasteiger partial charge in [0.2, 0.25) is 12.7 Å². The van der Waals surface area contributed by atoms with Crippen LogP contribution in [0.25, 0.3) is 0 Å². The molecule has 0 bridgehead atoms. The Kier molecular flexibility index (Phi) is 3.58. The average molecular weight is 273 g/mol. The third-order valence-electron chi connectivity index (χ3n) is 3.15. The van der Waals surface area contributed by atoms with E-state index < -0.39 is 0 Å². The van der Waals surface area contributed by atoms with Crippen molar-refractivity contribution in [2.75, 3.05) is 6.79 Å². The normalized spacial score (nSPS) is 12.4. The van der Waals surface area contributed by atoms with E-state index >= 15 is 0 Å². The molecule has 20 heavy (non-hydrogen) atoms. The minimum Gasteiger partial charge on any atom is -0.472 e. The van der Waals surface area contributed by atoms with E-state index in [2.05, 4.69) is 5.32 Å². The number of rotatable bonds is 5. The summed E-state index contributed by atoms with van der Waals surface area (Å²) in [5, 5.41) is 2.85. The second-order valence-corrected chi connectivity index (χ2v) is 4.60. The van der Waals surface area contributed by atoms with E-state index in [4.69, 9.17) is 13.9 Å². The summed E-state index contributed by atoms with van der Waals surface area (Å²) in [5.41, 5.74) is 2.02. The first-order valence-electron chi connectivity index (χ1n) is 6.47. The first-order valence-corrected chi connectivity index (χ1v) is 6.47. The summed E-state index contributed by atoms with van der Waals surface area (Å²) in [6, 6.07) is 7.59. The Morgan fingerprint density at radius 1 is 1.15 bits per heavy atom. The number of fused-ring (bicyclic) bond motifs is 1. The number of nitrogens with one attached hydrogen (secondary N) is 1. The molecule has 0 spiro atoms. The second-order valence-electron chi connectivity index (χ2n) is 4.60. The number of carbonyl (C=O) groups is 1. The SMILES string of the molecule is O=C(CCc1ccc2c(c1)OCO2)NCc1ccoc1. The van der Waals surface area contributed by atoms with Gasteiger partial charge in [-0.1, -0.05) is 6.07 Å². The minimum atomic E-state index is 0.0175. The van der Waals surface area contributed by atoms with Crippen LogP contribution in [0.5, 0.6) is 11.5 Å². The second kappa shape index (κ2) is 5.69. The lowest BCUT2D eigenvalue weighted by atomic mass is 10.1. The largest absolute Gasteiger partial charge is 0.472 e. The molecule has 1 aromatic carbocycles. The van der Waals surface area contributed by atoms with Crippen LogP contribution in [0.2, 0.25) is 0 Å². The topological polar surface area (TPSA) is 60.7 Å². The molecule has 0 saturated carbocycles. The summed E-state index contributed by atoms with van der Waals surface area (Å²) < 4.78 is 15.5. The van der Waals surface area contributed by atoms with Crippen LogP contribution in [-0.4, -0.2) is 12.7 Å². The van der Waals surface area contributed by atoms with Gasteiger partial charge in [0.1, 0.15) is 0 Å². The molecule has 1 aliphatic rings. The Morgan fingerprint density at radius 2 is 2.05 bits per heavy atom. The lowest BCUT2D eigenvalue weighted by molar-refractivity contribution is -0.121. The van der Waals surface area contributed by atoms with Gasteiger partial charge in [-0.2, -0.15) is 0 Å². The number of aryl methyl sites for hydroxylation is 1. The van der Waals surface area contributed by atoms with E-state index in [1.807, 2.05) is 24.3 Å². The quantitative estimate of drug-likeness (QED) is 0.907. The molecule has 0 saturated heterocycles. The lowest BCUT2D eigenvalue weighted by Crippen LogP contribution is -2.22. The van der Waals surface area contributed by atoms with Crippen LogP contribution in [0.15, 0.2) is 41.2 Å². The summed E-state index contributed by atoms with van der Waals surface area (Å²) >= 11 is 0. The van der Waals surface area contributed by atoms with Gasteiger partial charge >= 0.3 is 0 Å². The Balaban J connectivity index is 1.48. The summed E-state index contributed by atoms with van der Waals surface area (Å²) in [6.45, 7) is 0.764. The van der Waals surface area contributed by atoms with Gasteiger partial charge in [0.15, 0.2) is 11.5 Å². The van der Waals surface area contributed by atoms with Crippen molar-refractivity contribution in [2.45, 2.75) is 19.4 Å². The first-order chi connectivity index (χ1) is 9.81. The number of carbonyl (C=O) groups excluding carboxylic acids is 1. The van der Waals surface area contributed by atoms with E-state index in [1.165, 1.54) is 0 Å². The number of ether oxygens (including phenoxy) is 2. The zero-order valence-corrected chi connectivity index (χ0v) is 10.9. The van der Waals surface area contributed by atoms with Gasteiger partial charge in [-0.15, -0.1) is 0 Å². The van der Waals surface area contributed by atoms with Crippen LogP contribution >= 0.6 is 0 Å². The number of benzene rings is 1. The van der Waals surface area contributed by atoms with Crippen LogP contribution in [0.3, 0.4) is 0 Å². The van der Waals surface area contributed by atoms with Crippen LogP contribution in [0, 0.1) is 0 Å². The zero-order chi connectivity index (χ0) is 13.8. The molecule has 2 aromatic rings. The van der Waals surface area contributed by atoms with Crippen LogP contribution in [0.1, 0.15) is 17.5 Å². The highest BCUT2D eigenvalue weighted by Crippen LogP contribution is 2.32. The molecular formula is C15H15NO4. The standard InChI is InChI=1S/C15H15NO4/c17-15(16-8-12-5-6-18-9-12)4-2-11-1-3-13-14(7-11)20-10-19-13/h1,3,5-7,9H,2,4,8,10H2,(H,16,17). The predicted molar refractivity (Wildman–Crippen MR) is 71.4 cm³/mol. The Labute approximate surface area is 116 Å². The third-order valence-corrected chi connectivity index (χ3v) is 3.15. The molecule has 0 radical (unpaired) electrons. The van der Waals surface area contributed by atoms with E-state index in [0.29, 0.717) is 19.4 Å². The summed E-state index contributed by atoms with van der Waals surface area (Å²) in [7, 11) is 0. The van der Waals surface area contributed by atoms with Gasteiger partial charge < -0.3 is 19.2 Å². The fourth-order valence-electron chi connectivity index (χ4n) is 2.04. The molecule has 1 aliphatic heterocycles. The maximum Gasteiger partial charge on any atom is 0.231 e. The minimum absolute atomic E-state index is 0.0175. The van der Waals surface area contributed by atoms with Crippen molar-refractivity contribution >= 4 is 5.91 Å². The molecule has 2 heterocycles. The molecule has 5 nitrogen and oxygen atoms in total. The number of hydrogen-bond acceptors (Lipinski definition) is 4. The molecule has 3 rings (SSSR count). The van der Waals surface area contributed by atoms with Crippen molar-refractivity contribution in [1.82, 2.24) is 5.32 Å². The molecule has 1 amide bonds. The van der Waals surface area contributed by atoms with Gasteiger partial charge in [-0.05, 0) is 30.2 Å². The van der Waals surface area contributed by atoms with Gasteiger partial charge in [0.25, 0.3) is 0 Å². The van der Waals surface area contributed by atoms with E-state index in [1.54, 1.807) is 12.5 Å². The lowest BCUT2D eigenvalue weighted by Gasteiger charge is -2.05. The fraction of sp³-hybridized carbons (Fsp3) is 0.267. The molecule has 1 N–H and O–H groups in total. The number of hydrogen-bond donors (Lipinski definition) is 1. The van der Waals surface area contributed by atoms with E-state index in [9.17, 15) is 4.79 Å². The predicted octanol–water partition coefficient (Wildman–Crippen LogP) is 2.26. The summed E-state index contributed by atoms with van der Waals surface area (Å²) in [6.07, 6.45) is 4.33. The van der Waals surface area contributed by atoms with Crippen LogP contribution < -0.4 is 14.8 Å². The molecule has 1 aromatic heterocycles. The molecule has 0 unspecified atom stereocenters. The van der Waals surface area contributed by atoms with Crippen LogP contribution in [-0.2, 0) is 17.8 Å². The Morgan fingerprint density at radius 3 is 2.90 bits per heavy atom. The van der Waals surface area contributed by atoms with Gasteiger partial charge in [0.05, 0.1) is 12.5 Å². The van der Waals surface area contributed by atoms with Crippen molar-refractivity contribution < 1.29 is 18.7 Å². The van der Waals surface area contributed by atoms with Crippen LogP contribution in [0.4, 0.5) is 0 Å². The van der Waals surface area contributed by atoms with Gasteiger partial charge in [-0.3, -0.25) is 4.79 Å². The van der Waals surface area contributed by atoms with Crippen molar-refractivity contribution in [1.29, 1.82) is 0 Å². The van der Waals surface area contributed by atoms with E-state index in [0.717, 1.165) is 22.6 Å². The summed E-state index contributed by atoms with van der Waals surface area (Å²) in [5.74, 6) is 1.53. The van der Waals surface area contributed by atoms with Crippen molar-refractivity contribution in [3.8, 4) is 11.5 Å². The zero-order valence-electron chi connectivity index (χ0n) is 10.9. The number of amides is 1. The highest BCUT2D eigenvalue weighted by molar-refractivity contribution is 5.76. The average Bonchev–Trinajstić information content (AvgIpc) is 3.13. The molecule has 0 atom stereocenters. The van der Waals surface area contributed by atoms with Crippen molar-refractivity contribution in [3.63, 3.8) is 0 Å². The smallest absolute Gasteiger partial charge is 0.231 e. The maximum atomic E-state index is 11.7. The van der Waals surface area contributed by atoms with E-state index in [-0.39, 0.29) is 12.7 Å². The molecule has 0 fully saturated rings. The molecule has 5 heteroatoms.